The monoisotopic (exact) mass is 226 g/mol. The average Bonchev–Trinajstić information content (AvgIpc) is 2.32. The van der Waals surface area contributed by atoms with E-state index in [4.69, 9.17) is 4.74 Å². The Bertz CT molecular complexity index is 544. The topological polar surface area (TPSA) is 26.3 Å². The fraction of sp³-hybridized carbons (Fsp3) is 0.133. The van der Waals surface area contributed by atoms with Gasteiger partial charge in [0.1, 0.15) is 17.8 Å². The van der Waals surface area contributed by atoms with Crippen LogP contribution in [0.3, 0.4) is 0 Å². The molecule has 86 valence electrons. The normalized spacial score (nSPS) is 10.0. The van der Waals surface area contributed by atoms with Gasteiger partial charge in [-0.2, -0.15) is 0 Å². The molecule has 2 aromatic carbocycles. The lowest BCUT2D eigenvalue weighted by molar-refractivity contribution is 0.112. The van der Waals surface area contributed by atoms with Crippen LogP contribution < -0.4 is 4.74 Å². The molecule has 0 radical (unpaired) electrons. The maximum absolute atomic E-state index is 10.7. The molecule has 0 bridgehead atoms. The number of benzene rings is 2. The van der Waals surface area contributed by atoms with Crippen LogP contribution >= 0.6 is 0 Å². The maximum atomic E-state index is 10.7. The summed E-state index contributed by atoms with van der Waals surface area (Å²) >= 11 is 0. The van der Waals surface area contributed by atoms with Gasteiger partial charge >= 0.3 is 0 Å². The number of rotatable bonds is 3. The quantitative estimate of drug-likeness (QED) is 0.742. The third kappa shape index (κ3) is 2.72. The lowest BCUT2D eigenvalue weighted by atomic mass is 10.1. The van der Waals surface area contributed by atoms with Gasteiger partial charge in [0.05, 0.1) is 0 Å². The van der Waals surface area contributed by atoms with Crippen molar-refractivity contribution < 1.29 is 9.53 Å². The second-order valence-corrected chi connectivity index (χ2v) is 4.06. The predicted octanol–water partition coefficient (Wildman–Crippen LogP) is 3.91. The van der Waals surface area contributed by atoms with Gasteiger partial charge in [-0.1, -0.05) is 24.3 Å². The van der Waals surface area contributed by atoms with Crippen molar-refractivity contribution in [2.75, 3.05) is 0 Å². The van der Waals surface area contributed by atoms with Crippen molar-refractivity contribution >= 4 is 6.29 Å². The van der Waals surface area contributed by atoms with E-state index in [9.17, 15) is 4.79 Å². The first-order valence-electron chi connectivity index (χ1n) is 5.49. The first-order chi connectivity index (χ1) is 8.19. The molecule has 0 aliphatic carbocycles. The maximum Gasteiger partial charge on any atom is 0.150 e. The minimum atomic E-state index is 0.623. The zero-order valence-corrected chi connectivity index (χ0v) is 9.94. The number of aryl methyl sites for hydroxylation is 2. The van der Waals surface area contributed by atoms with Gasteiger partial charge in [0, 0.05) is 5.56 Å². The van der Waals surface area contributed by atoms with Gasteiger partial charge in [0.15, 0.2) is 0 Å². The molecule has 0 aliphatic heterocycles. The van der Waals surface area contributed by atoms with Crippen molar-refractivity contribution in [1.29, 1.82) is 0 Å². The van der Waals surface area contributed by atoms with Crippen molar-refractivity contribution in [2.24, 2.45) is 0 Å². The van der Waals surface area contributed by atoms with Crippen molar-refractivity contribution in [1.82, 2.24) is 0 Å². The van der Waals surface area contributed by atoms with Crippen LogP contribution in [0, 0.1) is 13.8 Å². The zero-order chi connectivity index (χ0) is 12.3. The van der Waals surface area contributed by atoms with E-state index in [0.29, 0.717) is 5.56 Å². The molecule has 0 saturated carbocycles. The number of hydrogen-bond acceptors (Lipinski definition) is 2. The Hall–Kier alpha value is -2.09. The summed E-state index contributed by atoms with van der Waals surface area (Å²) in [7, 11) is 0. The molecular formula is C15H14O2. The smallest absolute Gasteiger partial charge is 0.150 e. The first kappa shape index (κ1) is 11.4. The summed E-state index contributed by atoms with van der Waals surface area (Å²) in [6, 6.07) is 13.3. The Morgan fingerprint density at radius 2 is 1.88 bits per heavy atom. The Labute approximate surface area is 101 Å². The summed E-state index contributed by atoms with van der Waals surface area (Å²) in [6.45, 7) is 3.97. The van der Waals surface area contributed by atoms with Crippen LogP contribution in [0.2, 0.25) is 0 Å². The Morgan fingerprint density at radius 3 is 2.59 bits per heavy atom. The van der Waals surface area contributed by atoms with Crippen molar-refractivity contribution in [3.8, 4) is 11.5 Å². The minimum absolute atomic E-state index is 0.623. The van der Waals surface area contributed by atoms with Gasteiger partial charge in [-0.25, -0.2) is 0 Å². The average molecular weight is 226 g/mol. The van der Waals surface area contributed by atoms with E-state index in [2.05, 4.69) is 0 Å². The highest BCUT2D eigenvalue weighted by molar-refractivity contribution is 5.75. The summed E-state index contributed by atoms with van der Waals surface area (Å²) < 4.78 is 5.77. The number of aldehydes is 1. The molecule has 0 aliphatic rings. The molecule has 2 nitrogen and oxygen atoms in total. The van der Waals surface area contributed by atoms with Gasteiger partial charge in [-0.05, 0) is 43.2 Å². The van der Waals surface area contributed by atoms with E-state index >= 15 is 0 Å². The molecule has 17 heavy (non-hydrogen) atoms. The van der Waals surface area contributed by atoms with E-state index in [0.717, 1.165) is 28.9 Å². The summed E-state index contributed by atoms with van der Waals surface area (Å²) in [4.78, 5) is 10.7. The Kier molecular flexibility index (Phi) is 3.24. The number of hydrogen-bond donors (Lipinski definition) is 0. The fourth-order valence-corrected chi connectivity index (χ4v) is 1.61. The molecule has 0 saturated heterocycles. The summed E-state index contributed by atoms with van der Waals surface area (Å²) in [5.74, 6) is 1.51. The molecule has 0 atom stereocenters. The van der Waals surface area contributed by atoms with E-state index in [-0.39, 0.29) is 0 Å². The molecule has 0 heterocycles. The molecule has 0 spiro atoms. The third-order valence-electron chi connectivity index (χ3n) is 2.57. The highest BCUT2D eigenvalue weighted by atomic mass is 16.5. The van der Waals surface area contributed by atoms with Crippen molar-refractivity contribution in [3.63, 3.8) is 0 Å². The van der Waals surface area contributed by atoms with Crippen molar-refractivity contribution in [3.05, 3.63) is 59.2 Å². The molecule has 0 amide bonds. The van der Waals surface area contributed by atoms with Crippen LogP contribution in [0.4, 0.5) is 0 Å². The standard InChI is InChI=1S/C15H14O2/c1-11-4-3-5-14(8-11)17-15-9-13(10-16)7-6-12(15)2/h3-10H,1-2H3. The lowest BCUT2D eigenvalue weighted by Crippen LogP contribution is -1.90. The van der Waals surface area contributed by atoms with Crippen LogP contribution in [0.1, 0.15) is 21.5 Å². The molecular weight excluding hydrogens is 212 g/mol. The van der Waals surface area contributed by atoms with Crippen LogP contribution in [-0.2, 0) is 0 Å². The SMILES string of the molecule is Cc1cccc(Oc2cc(C=O)ccc2C)c1. The number of carbonyl (C=O) groups excluding carboxylic acids is 1. The first-order valence-corrected chi connectivity index (χ1v) is 5.49. The summed E-state index contributed by atoms with van der Waals surface area (Å²) in [5, 5.41) is 0. The van der Waals surface area contributed by atoms with Crippen LogP contribution in [0.5, 0.6) is 11.5 Å². The van der Waals surface area contributed by atoms with Gasteiger partial charge in [0.25, 0.3) is 0 Å². The molecule has 0 aromatic heterocycles. The summed E-state index contributed by atoms with van der Waals surface area (Å²) in [5.41, 5.74) is 2.78. The summed E-state index contributed by atoms with van der Waals surface area (Å²) in [6.07, 6.45) is 0.822. The zero-order valence-electron chi connectivity index (χ0n) is 9.94. The van der Waals surface area contributed by atoms with Crippen molar-refractivity contribution in [2.45, 2.75) is 13.8 Å². The minimum Gasteiger partial charge on any atom is -0.457 e. The van der Waals surface area contributed by atoms with E-state index in [1.165, 1.54) is 0 Å². The molecule has 2 rings (SSSR count). The van der Waals surface area contributed by atoms with E-state index in [1.807, 2.05) is 44.2 Å². The fourth-order valence-electron chi connectivity index (χ4n) is 1.61. The van der Waals surface area contributed by atoms with E-state index < -0.39 is 0 Å². The largest absolute Gasteiger partial charge is 0.457 e. The lowest BCUT2D eigenvalue weighted by Gasteiger charge is -2.09. The van der Waals surface area contributed by atoms with Crippen LogP contribution in [0.25, 0.3) is 0 Å². The molecule has 0 N–H and O–H groups in total. The van der Waals surface area contributed by atoms with Gasteiger partial charge in [-0.3, -0.25) is 4.79 Å². The Morgan fingerprint density at radius 1 is 1.06 bits per heavy atom. The van der Waals surface area contributed by atoms with Crippen LogP contribution in [0.15, 0.2) is 42.5 Å². The number of carbonyl (C=O) groups is 1. The molecule has 2 heteroatoms. The molecule has 2 aromatic rings. The highest BCUT2D eigenvalue weighted by Crippen LogP contribution is 2.26. The Balaban J connectivity index is 2.32. The molecule has 0 unspecified atom stereocenters. The number of ether oxygens (including phenoxy) is 1. The second kappa shape index (κ2) is 4.83. The van der Waals surface area contributed by atoms with E-state index in [1.54, 1.807) is 12.1 Å². The van der Waals surface area contributed by atoms with Gasteiger partial charge in [-0.15, -0.1) is 0 Å². The molecule has 0 fully saturated rings. The van der Waals surface area contributed by atoms with Gasteiger partial charge < -0.3 is 4.74 Å². The van der Waals surface area contributed by atoms with Crippen LogP contribution in [-0.4, -0.2) is 6.29 Å². The predicted molar refractivity (Wildman–Crippen MR) is 67.8 cm³/mol. The highest BCUT2D eigenvalue weighted by Gasteiger charge is 2.03. The second-order valence-electron chi connectivity index (χ2n) is 4.06. The van der Waals surface area contributed by atoms with Gasteiger partial charge in [0.2, 0.25) is 0 Å². The third-order valence-corrected chi connectivity index (χ3v) is 2.57.